The summed E-state index contributed by atoms with van der Waals surface area (Å²) in [5, 5.41) is 21.8. The molecule has 5 heteroatoms. The van der Waals surface area contributed by atoms with Crippen LogP contribution in [0.15, 0.2) is 16.7 Å². The summed E-state index contributed by atoms with van der Waals surface area (Å²) in [6, 6.07) is 1.94. The van der Waals surface area contributed by atoms with E-state index in [4.69, 9.17) is 0 Å². The van der Waals surface area contributed by atoms with E-state index in [2.05, 4.69) is 26.2 Å². The number of hydrogen-bond acceptors (Lipinski definition) is 4. The maximum Gasteiger partial charge on any atom is 0.129 e. The molecule has 0 radical (unpaired) electrons. The maximum atomic E-state index is 9.32. The molecule has 0 aromatic carbocycles. The van der Waals surface area contributed by atoms with Crippen molar-refractivity contribution in [1.82, 2.24) is 4.98 Å². The fraction of sp³-hybridized carbons (Fsp3) is 0.545. The van der Waals surface area contributed by atoms with Crippen molar-refractivity contribution >= 4 is 21.7 Å². The van der Waals surface area contributed by atoms with E-state index in [1.165, 1.54) is 0 Å². The summed E-state index contributed by atoms with van der Waals surface area (Å²) in [4.78, 5) is 4.23. The van der Waals surface area contributed by atoms with Gasteiger partial charge in [-0.25, -0.2) is 4.98 Å². The Morgan fingerprint density at radius 2 is 2.06 bits per heavy atom. The summed E-state index contributed by atoms with van der Waals surface area (Å²) in [6.45, 7) is 3.58. The zero-order valence-corrected chi connectivity index (χ0v) is 11.1. The van der Waals surface area contributed by atoms with Crippen molar-refractivity contribution in [1.29, 1.82) is 0 Å². The number of pyridine rings is 1. The molecular weight excluding hydrogens is 272 g/mol. The number of nitrogens with zero attached hydrogens (tertiary/aromatic N) is 1. The van der Waals surface area contributed by atoms with Crippen molar-refractivity contribution in [2.24, 2.45) is 0 Å². The van der Waals surface area contributed by atoms with Gasteiger partial charge in [-0.1, -0.05) is 6.92 Å². The Hall–Kier alpha value is -0.650. The fourth-order valence-corrected chi connectivity index (χ4v) is 1.81. The molecule has 0 aliphatic carbocycles. The topological polar surface area (TPSA) is 65.4 Å². The minimum absolute atomic E-state index is 0.128. The highest BCUT2D eigenvalue weighted by molar-refractivity contribution is 9.10. The van der Waals surface area contributed by atoms with Crippen molar-refractivity contribution < 1.29 is 10.2 Å². The largest absolute Gasteiger partial charge is 0.394 e. The Morgan fingerprint density at radius 3 is 2.50 bits per heavy atom. The molecule has 3 N–H and O–H groups in total. The third kappa shape index (κ3) is 2.93. The number of halogens is 1. The van der Waals surface area contributed by atoms with Crippen molar-refractivity contribution in [3.8, 4) is 0 Å². The van der Waals surface area contributed by atoms with Gasteiger partial charge in [0.05, 0.1) is 18.8 Å². The lowest BCUT2D eigenvalue weighted by molar-refractivity contribution is 0.132. The minimum Gasteiger partial charge on any atom is -0.394 e. The van der Waals surface area contributed by atoms with Crippen LogP contribution in [0.25, 0.3) is 0 Å². The number of aliphatic hydroxyl groups is 2. The molecule has 0 atom stereocenters. The molecular formula is C11H17BrN2O2. The van der Waals surface area contributed by atoms with E-state index >= 15 is 0 Å². The summed E-state index contributed by atoms with van der Waals surface area (Å²) in [6.07, 6.45) is 2.31. The highest BCUT2D eigenvalue weighted by Crippen LogP contribution is 2.22. The van der Waals surface area contributed by atoms with E-state index in [0.29, 0.717) is 12.2 Å². The molecule has 0 spiro atoms. The molecule has 90 valence electrons. The van der Waals surface area contributed by atoms with Crippen LogP contribution in [0.4, 0.5) is 5.82 Å². The van der Waals surface area contributed by atoms with Crippen molar-refractivity contribution in [2.75, 3.05) is 18.5 Å². The predicted octanol–water partition coefficient (Wildman–Crippen LogP) is 1.70. The SMILES string of the molecule is CCC(CO)(CO)Nc1ncc(Br)cc1C. The smallest absolute Gasteiger partial charge is 0.129 e. The van der Waals surface area contributed by atoms with Crippen molar-refractivity contribution in [3.63, 3.8) is 0 Å². The molecule has 1 aromatic rings. The van der Waals surface area contributed by atoms with Gasteiger partial charge in [0, 0.05) is 10.7 Å². The second kappa shape index (κ2) is 5.61. The zero-order chi connectivity index (χ0) is 12.2. The molecule has 1 rings (SSSR count). The standard InChI is InChI=1S/C11H17BrN2O2/c1-3-11(6-15,7-16)14-10-8(2)4-9(12)5-13-10/h4-5,15-16H,3,6-7H2,1-2H3,(H,13,14). The Labute approximate surface area is 104 Å². The number of hydrogen-bond donors (Lipinski definition) is 3. The van der Waals surface area contributed by atoms with Gasteiger partial charge < -0.3 is 15.5 Å². The molecule has 1 aromatic heterocycles. The van der Waals surface area contributed by atoms with Crippen LogP contribution in [-0.4, -0.2) is 33.9 Å². The number of anilines is 1. The van der Waals surface area contributed by atoms with Crippen LogP contribution in [0.1, 0.15) is 18.9 Å². The maximum absolute atomic E-state index is 9.32. The average molecular weight is 289 g/mol. The number of nitrogens with one attached hydrogen (secondary N) is 1. The molecule has 0 fully saturated rings. The summed E-state index contributed by atoms with van der Waals surface area (Å²) >= 11 is 3.34. The van der Waals surface area contributed by atoms with Gasteiger partial charge >= 0.3 is 0 Å². The highest BCUT2D eigenvalue weighted by Gasteiger charge is 2.27. The minimum atomic E-state index is -0.703. The Bertz CT molecular complexity index is 346. The molecule has 0 saturated heterocycles. The van der Waals surface area contributed by atoms with Crippen LogP contribution in [0, 0.1) is 6.92 Å². The van der Waals surface area contributed by atoms with E-state index in [0.717, 1.165) is 10.0 Å². The molecule has 16 heavy (non-hydrogen) atoms. The van der Waals surface area contributed by atoms with E-state index in [1.807, 2.05) is 19.9 Å². The summed E-state index contributed by atoms with van der Waals surface area (Å²) in [5.41, 5.74) is 0.264. The van der Waals surface area contributed by atoms with Gasteiger partial charge in [0.1, 0.15) is 5.82 Å². The third-order valence-corrected chi connectivity index (χ3v) is 3.14. The summed E-state index contributed by atoms with van der Waals surface area (Å²) in [5.74, 6) is 0.688. The van der Waals surface area contributed by atoms with Crippen LogP contribution in [0.5, 0.6) is 0 Å². The first-order valence-electron chi connectivity index (χ1n) is 5.19. The van der Waals surface area contributed by atoms with Gasteiger partial charge in [-0.3, -0.25) is 0 Å². The number of aromatic nitrogens is 1. The zero-order valence-electron chi connectivity index (χ0n) is 9.50. The first-order chi connectivity index (χ1) is 7.56. The summed E-state index contributed by atoms with van der Waals surface area (Å²) < 4.78 is 0.908. The quantitative estimate of drug-likeness (QED) is 0.772. The van der Waals surface area contributed by atoms with Crippen LogP contribution < -0.4 is 5.32 Å². The highest BCUT2D eigenvalue weighted by atomic mass is 79.9. The lowest BCUT2D eigenvalue weighted by atomic mass is 9.98. The van der Waals surface area contributed by atoms with Gasteiger partial charge in [0.2, 0.25) is 0 Å². The molecule has 0 aliphatic rings. The average Bonchev–Trinajstić information content (AvgIpc) is 2.29. The van der Waals surface area contributed by atoms with Crippen molar-refractivity contribution in [3.05, 3.63) is 22.3 Å². The lowest BCUT2D eigenvalue weighted by Crippen LogP contribution is -2.45. The Morgan fingerprint density at radius 1 is 1.44 bits per heavy atom. The normalized spacial score (nSPS) is 11.6. The van der Waals surface area contributed by atoms with Gasteiger partial charge in [-0.2, -0.15) is 0 Å². The molecule has 0 aliphatic heterocycles. The van der Waals surface area contributed by atoms with Crippen LogP contribution in [0.2, 0.25) is 0 Å². The van der Waals surface area contributed by atoms with E-state index in [1.54, 1.807) is 6.20 Å². The Kier molecular flexibility index (Phi) is 4.70. The van der Waals surface area contributed by atoms with Gasteiger partial charge in [-0.05, 0) is 40.9 Å². The first kappa shape index (κ1) is 13.4. The van der Waals surface area contributed by atoms with E-state index in [-0.39, 0.29) is 13.2 Å². The monoisotopic (exact) mass is 288 g/mol. The molecule has 0 bridgehead atoms. The van der Waals surface area contributed by atoms with Gasteiger partial charge in [0.25, 0.3) is 0 Å². The van der Waals surface area contributed by atoms with Crippen molar-refractivity contribution in [2.45, 2.75) is 25.8 Å². The van der Waals surface area contributed by atoms with Crippen LogP contribution in [-0.2, 0) is 0 Å². The van der Waals surface area contributed by atoms with Gasteiger partial charge in [-0.15, -0.1) is 0 Å². The first-order valence-corrected chi connectivity index (χ1v) is 5.98. The second-order valence-corrected chi connectivity index (χ2v) is 4.81. The molecule has 0 unspecified atom stereocenters. The fourth-order valence-electron chi connectivity index (χ4n) is 1.36. The van der Waals surface area contributed by atoms with E-state index in [9.17, 15) is 10.2 Å². The molecule has 1 heterocycles. The van der Waals surface area contributed by atoms with Crippen LogP contribution in [0.3, 0.4) is 0 Å². The third-order valence-electron chi connectivity index (χ3n) is 2.71. The van der Waals surface area contributed by atoms with Gasteiger partial charge in [0.15, 0.2) is 0 Å². The molecule has 0 saturated carbocycles. The summed E-state index contributed by atoms with van der Waals surface area (Å²) in [7, 11) is 0. The molecule has 0 amide bonds. The predicted molar refractivity (Wildman–Crippen MR) is 67.5 cm³/mol. The number of rotatable bonds is 5. The second-order valence-electron chi connectivity index (χ2n) is 3.89. The lowest BCUT2D eigenvalue weighted by Gasteiger charge is -2.30. The Balaban J connectivity index is 2.93. The number of aliphatic hydroxyl groups excluding tert-OH is 2. The number of aryl methyl sites for hydroxylation is 1. The van der Waals surface area contributed by atoms with E-state index < -0.39 is 5.54 Å². The molecule has 4 nitrogen and oxygen atoms in total. The van der Waals surface area contributed by atoms with Crippen LogP contribution >= 0.6 is 15.9 Å².